The Bertz CT molecular complexity index is 155. The largest absolute Gasteiger partial charge is 0.349 e. The first-order valence-electron chi connectivity index (χ1n) is 4.87. The molecule has 3 nitrogen and oxygen atoms in total. The average molecular weight is 186 g/mol. The van der Waals surface area contributed by atoms with Crippen LogP contribution in [-0.2, 0) is 4.79 Å². The van der Waals surface area contributed by atoms with Crippen LogP contribution in [0.4, 0.5) is 0 Å². The smallest absolute Gasteiger partial charge is 0.222 e. The van der Waals surface area contributed by atoms with Crippen molar-refractivity contribution < 1.29 is 4.79 Å². The van der Waals surface area contributed by atoms with Crippen LogP contribution in [0.5, 0.6) is 0 Å². The number of nitrogens with two attached hydrogens (primary N) is 1. The van der Waals surface area contributed by atoms with E-state index in [-0.39, 0.29) is 5.91 Å². The number of nitrogens with zero attached hydrogens (tertiary/aromatic N) is 1. The predicted molar refractivity (Wildman–Crippen MR) is 55.3 cm³/mol. The van der Waals surface area contributed by atoms with Gasteiger partial charge in [0, 0.05) is 20.5 Å². The van der Waals surface area contributed by atoms with E-state index >= 15 is 0 Å². The van der Waals surface area contributed by atoms with Crippen molar-refractivity contribution in [3.8, 4) is 0 Å². The van der Waals surface area contributed by atoms with Gasteiger partial charge in [0.05, 0.1) is 0 Å². The molecule has 0 bridgehead atoms. The minimum Gasteiger partial charge on any atom is -0.349 e. The summed E-state index contributed by atoms with van der Waals surface area (Å²) in [6.07, 6.45) is 1.62. The summed E-state index contributed by atoms with van der Waals surface area (Å²) in [6, 6.07) is 0. The van der Waals surface area contributed by atoms with Gasteiger partial charge in [-0.3, -0.25) is 4.79 Å². The van der Waals surface area contributed by atoms with Crippen LogP contribution in [-0.4, -0.2) is 31.4 Å². The molecule has 0 fully saturated rings. The highest BCUT2D eigenvalue weighted by Crippen LogP contribution is 2.14. The fraction of sp³-hybridized carbons (Fsp3) is 0.900. The minimum atomic E-state index is 0.177. The summed E-state index contributed by atoms with van der Waals surface area (Å²) in [6.45, 7) is 4.92. The fourth-order valence-corrected chi connectivity index (χ4v) is 1.36. The van der Waals surface area contributed by atoms with Crippen LogP contribution in [0.3, 0.4) is 0 Å². The molecule has 0 aliphatic carbocycles. The molecule has 0 aromatic rings. The third-order valence-electron chi connectivity index (χ3n) is 2.10. The molecule has 0 saturated heterocycles. The number of carbonyl (C=O) groups is 1. The molecule has 0 rings (SSSR count). The molecule has 0 aliphatic rings. The Balaban J connectivity index is 3.90. The Morgan fingerprint density at radius 3 is 2.23 bits per heavy atom. The maximum absolute atomic E-state index is 11.4. The number of hydrogen-bond donors (Lipinski definition) is 1. The number of carbonyl (C=O) groups excluding carboxylic acids is 1. The van der Waals surface area contributed by atoms with Gasteiger partial charge in [-0.2, -0.15) is 0 Å². The van der Waals surface area contributed by atoms with Gasteiger partial charge in [0.15, 0.2) is 0 Å². The molecule has 0 aromatic heterocycles. The second kappa shape index (κ2) is 5.97. The maximum atomic E-state index is 11.4. The van der Waals surface area contributed by atoms with Crippen molar-refractivity contribution in [3.63, 3.8) is 0 Å². The lowest BCUT2D eigenvalue weighted by Crippen LogP contribution is -2.27. The van der Waals surface area contributed by atoms with E-state index in [1.165, 1.54) is 0 Å². The zero-order valence-corrected chi connectivity index (χ0v) is 9.21. The van der Waals surface area contributed by atoms with Crippen molar-refractivity contribution in [1.82, 2.24) is 4.90 Å². The number of amides is 1. The third kappa shape index (κ3) is 5.64. The SMILES string of the molecule is CC(C)CC(CN)CC(=O)N(C)C. The van der Waals surface area contributed by atoms with E-state index in [1.54, 1.807) is 19.0 Å². The second-order valence-corrected chi connectivity index (χ2v) is 4.22. The Kier molecular flexibility index (Phi) is 5.71. The van der Waals surface area contributed by atoms with Crippen LogP contribution in [0.15, 0.2) is 0 Å². The van der Waals surface area contributed by atoms with E-state index in [9.17, 15) is 4.79 Å². The monoisotopic (exact) mass is 186 g/mol. The molecule has 1 atom stereocenters. The lowest BCUT2D eigenvalue weighted by molar-refractivity contribution is -0.129. The molecular formula is C10H22N2O. The van der Waals surface area contributed by atoms with Gasteiger partial charge in [0.25, 0.3) is 0 Å². The predicted octanol–water partition coefficient (Wildman–Crippen LogP) is 1.09. The highest BCUT2D eigenvalue weighted by atomic mass is 16.2. The highest BCUT2D eigenvalue weighted by Gasteiger charge is 2.14. The van der Waals surface area contributed by atoms with Gasteiger partial charge >= 0.3 is 0 Å². The Morgan fingerprint density at radius 1 is 1.38 bits per heavy atom. The Hall–Kier alpha value is -0.570. The van der Waals surface area contributed by atoms with Crippen LogP contribution in [0.1, 0.15) is 26.7 Å². The van der Waals surface area contributed by atoms with E-state index in [4.69, 9.17) is 5.73 Å². The molecule has 0 aromatic carbocycles. The van der Waals surface area contributed by atoms with Crippen molar-refractivity contribution in [1.29, 1.82) is 0 Å². The lowest BCUT2D eigenvalue weighted by atomic mass is 9.94. The molecule has 13 heavy (non-hydrogen) atoms. The zero-order valence-electron chi connectivity index (χ0n) is 9.21. The molecule has 3 heteroatoms. The van der Waals surface area contributed by atoms with Crippen molar-refractivity contribution in [2.45, 2.75) is 26.7 Å². The van der Waals surface area contributed by atoms with Crippen LogP contribution < -0.4 is 5.73 Å². The van der Waals surface area contributed by atoms with Crippen LogP contribution in [0.2, 0.25) is 0 Å². The van der Waals surface area contributed by atoms with E-state index in [0.29, 0.717) is 24.8 Å². The van der Waals surface area contributed by atoms with Crippen molar-refractivity contribution >= 4 is 5.91 Å². The first-order valence-corrected chi connectivity index (χ1v) is 4.87. The standard InChI is InChI=1S/C10H22N2O/c1-8(2)5-9(7-11)6-10(13)12(3)4/h8-9H,5-7,11H2,1-4H3. The lowest BCUT2D eigenvalue weighted by Gasteiger charge is -2.18. The van der Waals surface area contributed by atoms with E-state index < -0.39 is 0 Å². The van der Waals surface area contributed by atoms with Crippen LogP contribution >= 0.6 is 0 Å². The summed E-state index contributed by atoms with van der Waals surface area (Å²) >= 11 is 0. The van der Waals surface area contributed by atoms with E-state index in [0.717, 1.165) is 6.42 Å². The fourth-order valence-electron chi connectivity index (χ4n) is 1.36. The molecule has 2 N–H and O–H groups in total. The number of hydrogen-bond acceptors (Lipinski definition) is 2. The van der Waals surface area contributed by atoms with Gasteiger partial charge in [-0.1, -0.05) is 13.8 Å². The Labute approximate surface area is 81.3 Å². The van der Waals surface area contributed by atoms with Gasteiger partial charge in [0.2, 0.25) is 5.91 Å². The van der Waals surface area contributed by atoms with Crippen molar-refractivity contribution in [2.75, 3.05) is 20.6 Å². The molecule has 0 heterocycles. The summed E-state index contributed by atoms with van der Waals surface area (Å²) in [5, 5.41) is 0. The molecule has 1 unspecified atom stereocenters. The number of rotatable bonds is 5. The first-order chi connectivity index (χ1) is 5.97. The third-order valence-corrected chi connectivity index (χ3v) is 2.10. The quantitative estimate of drug-likeness (QED) is 0.698. The highest BCUT2D eigenvalue weighted by molar-refractivity contribution is 5.75. The van der Waals surface area contributed by atoms with Crippen LogP contribution in [0, 0.1) is 11.8 Å². The first kappa shape index (κ1) is 12.4. The van der Waals surface area contributed by atoms with Crippen LogP contribution in [0.25, 0.3) is 0 Å². The molecule has 0 saturated carbocycles. The molecule has 0 aliphatic heterocycles. The van der Waals surface area contributed by atoms with Gasteiger partial charge < -0.3 is 10.6 Å². The summed E-state index contributed by atoms with van der Waals surface area (Å²) in [7, 11) is 3.57. The van der Waals surface area contributed by atoms with Gasteiger partial charge in [0.1, 0.15) is 0 Å². The molecule has 78 valence electrons. The van der Waals surface area contributed by atoms with Crippen molar-refractivity contribution in [2.24, 2.45) is 17.6 Å². The van der Waals surface area contributed by atoms with Gasteiger partial charge in [-0.15, -0.1) is 0 Å². The molecule has 1 amide bonds. The minimum absolute atomic E-state index is 0.177. The van der Waals surface area contributed by atoms with Crippen molar-refractivity contribution in [3.05, 3.63) is 0 Å². The molecule has 0 spiro atoms. The molecule has 0 radical (unpaired) electrons. The maximum Gasteiger partial charge on any atom is 0.222 e. The van der Waals surface area contributed by atoms with Gasteiger partial charge in [-0.25, -0.2) is 0 Å². The summed E-state index contributed by atoms with van der Waals surface area (Å²) in [5.41, 5.74) is 5.60. The summed E-state index contributed by atoms with van der Waals surface area (Å²) < 4.78 is 0. The summed E-state index contributed by atoms with van der Waals surface area (Å²) in [5.74, 6) is 1.13. The summed E-state index contributed by atoms with van der Waals surface area (Å²) in [4.78, 5) is 13.0. The normalized spacial score (nSPS) is 13.1. The second-order valence-electron chi connectivity index (χ2n) is 4.22. The average Bonchev–Trinajstić information content (AvgIpc) is 2.02. The Morgan fingerprint density at radius 2 is 1.92 bits per heavy atom. The topological polar surface area (TPSA) is 46.3 Å². The van der Waals surface area contributed by atoms with E-state index in [2.05, 4.69) is 13.8 Å². The zero-order chi connectivity index (χ0) is 10.4. The van der Waals surface area contributed by atoms with Gasteiger partial charge in [-0.05, 0) is 24.8 Å². The molecular weight excluding hydrogens is 164 g/mol. The van der Waals surface area contributed by atoms with E-state index in [1.807, 2.05) is 0 Å².